The van der Waals surface area contributed by atoms with Crippen molar-refractivity contribution >= 4 is 10.0 Å². The molecule has 2 N–H and O–H groups in total. The largest absolute Gasteiger partial charge is 0.295 e. The number of aromatic nitrogens is 2. The van der Waals surface area contributed by atoms with E-state index in [2.05, 4.69) is 10.00 Å². The first-order valence-corrected chi connectivity index (χ1v) is 6.75. The number of nitrogens with zero attached hydrogens (tertiary/aromatic N) is 3. The second kappa shape index (κ2) is 3.83. The summed E-state index contributed by atoms with van der Waals surface area (Å²) in [4.78, 5) is 2.27. The molecular weight excluding hydrogens is 228 g/mol. The van der Waals surface area contributed by atoms with E-state index in [0.717, 1.165) is 18.8 Å². The molecule has 16 heavy (non-hydrogen) atoms. The average Bonchev–Trinajstić information content (AvgIpc) is 2.42. The molecule has 1 fully saturated rings. The zero-order valence-electron chi connectivity index (χ0n) is 9.42. The van der Waals surface area contributed by atoms with Crippen LogP contribution in [0.15, 0.2) is 11.1 Å². The lowest BCUT2D eigenvalue weighted by molar-refractivity contribution is 0.123. The van der Waals surface area contributed by atoms with Crippen LogP contribution in [0.25, 0.3) is 0 Å². The number of rotatable bonds is 3. The predicted octanol–water partition coefficient (Wildman–Crippen LogP) is -0.166. The monoisotopic (exact) mass is 244 g/mol. The van der Waals surface area contributed by atoms with Gasteiger partial charge in [-0.15, -0.1) is 0 Å². The first kappa shape index (κ1) is 11.6. The Balaban J connectivity index is 2.31. The van der Waals surface area contributed by atoms with Crippen molar-refractivity contribution in [2.24, 2.45) is 12.2 Å². The Morgan fingerprint density at radius 3 is 2.50 bits per heavy atom. The van der Waals surface area contributed by atoms with Gasteiger partial charge in [-0.05, 0) is 13.3 Å². The minimum atomic E-state index is -3.70. The van der Waals surface area contributed by atoms with Crippen molar-refractivity contribution in [1.29, 1.82) is 0 Å². The van der Waals surface area contributed by atoms with Crippen molar-refractivity contribution in [3.8, 4) is 0 Å². The maximum atomic E-state index is 11.2. The number of primary sulfonamides is 1. The van der Waals surface area contributed by atoms with Gasteiger partial charge in [-0.3, -0.25) is 9.58 Å². The van der Waals surface area contributed by atoms with Gasteiger partial charge in [-0.25, -0.2) is 13.6 Å². The van der Waals surface area contributed by atoms with E-state index in [4.69, 9.17) is 5.14 Å². The van der Waals surface area contributed by atoms with E-state index in [1.807, 2.05) is 6.92 Å². The Labute approximate surface area is 95.1 Å². The minimum absolute atomic E-state index is 0.0580. The van der Waals surface area contributed by atoms with Crippen LogP contribution in [0, 0.1) is 0 Å². The SMILES string of the molecule is CC(c1cc(S(N)(=O)=O)nn1C)N1CCC1. The van der Waals surface area contributed by atoms with Crippen molar-refractivity contribution in [1.82, 2.24) is 14.7 Å². The molecule has 0 aromatic carbocycles. The molecule has 90 valence electrons. The molecule has 0 spiro atoms. The molecule has 1 saturated heterocycles. The van der Waals surface area contributed by atoms with E-state index >= 15 is 0 Å². The summed E-state index contributed by atoms with van der Waals surface area (Å²) in [6, 6.07) is 1.74. The molecule has 1 aromatic rings. The van der Waals surface area contributed by atoms with Crippen molar-refractivity contribution < 1.29 is 8.42 Å². The molecule has 0 amide bonds. The molecule has 1 unspecified atom stereocenters. The van der Waals surface area contributed by atoms with Crippen LogP contribution in [0.5, 0.6) is 0 Å². The van der Waals surface area contributed by atoms with Gasteiger partial charge in [0.2, 0.25) is 0 Å². The summed E-state index contributed by atoms with van der Waals surface area (Å²) in [5.74, 6) is 0. The fourth-order valence-corrected chi connectivity index (χ4v) is 2.42. The fourth-order valence-electron chi connectivity index (χ4n) is 1.90. The van der Waals surface area contributed by atoms with E-state index in [-0.39, 0.29) is 11.1 Å². The normalized spacial score (nSPS) is 19.4. The minimum Gasteiger partial charge on any atom is -0.295 e. The lowest BCUT2D eigenvalue weighted by atomic mass is 10.1. The van der Waals surface area contributed by atoms with Crippen molar-refractivity contribution in [3.63, 3.8) is 0 Å². The molecule has 2 heterocycles. The van der Waals surface area contributed by atoms with E-state index in [1.165, 1.54) is 6.42 Å². The standard InChI is InChI=1S/C9H16N4O2S/c1-7(13-4-3-5-13)8-6-9(11-12(8)2)16(10,14)15/h6-7H,3-5H2,1-2H3,(H2,10,14,15). The number of nitrogens with two attached hydrogens (primary N) is 1. The van der Waals surface area contributed by atoms with Crippen LogP contribution in [0.1, 0.15) is 25.1 Å². The van der Waals surface area contributed by atoms with Gasteiger partial charge in [0.15, 0.2) is 5.03 Å². The Bertz CT molecular complexity index is 490. The lowest BCUT2D eigenvalue weighted by Crippen LogP contribution is -2.39. The Hall–Kier alpha value is -0.920. The summed E-state index contributed by atoms with van der Waals surface area (Å²) < 4.78 is 23.9. The molecule has 1 aliphatic rings. The van der Waals surface area contributed by atoms with Crippen LogP contribution in [0.4, 0.5) is 0 Å². The van der Waals surface area contributed by atoms with Gasteiger partial charge in [-0.1, -0.05) is 0 Å². The second-order valence-electron chi connectivity index (χ2n) is 4.14. The summed E-state index contributed by atoms with van der Waals surface area (Å²) in [5.41, 5.74) is 0.878. The third-order valence-electron chi connectivity index (χ3n) is 3.05. The smallest absolute Gasteiger partial charge is 0.257 e. The predicted molar refractivity (Wildman–Crippen MR) is 59.2 cm³/mol. The highest BCUT2D eigenvalue weighted by atomic mass is 32.2. The maximum Gasteiger partial charge on any atom is 0.257 e. The fraction of sp³-hybridized carbons (Fsp3) is 0.667. The Morgan fingerprint density at radius 2 is 2.12 bits per heavy atom. The molecule has 0 saturated carbocycles. The summed E-state index contributed by atoms with van der Waals surface area (Å²) in [7, 11) is -1.97. The molecule has 6 nitrogen and oxygen atoms in total. The van der Waals surface area contributed by atoms with Gasteiger partial charge >= 0.3 is 0 Å². The third kappa shape index (κ3) is 1.98. The second-order valence-corrected chi connectivity index (χ2v) is 5.65. The molecule has 0 bridgehead atoms. The number of hydrogen-bond acceptors (Lipinski definition) is 4. The molecule has 2 rings (SSSR count). The van der Waals surface area contributed by atoms with Crippen LogP contribution in [0.3, 0.4) is 0 Å². The number of aryl methyl sites for hydroxylation is 1. The summed E-state index contributed by atoms with van der Waals surface area (Å²) >= 11 is 0. The molecule has 1 aromatic heterocycles. The zero-order chi connectivity index (χ0) is 11.9. The first-order chi connectivity index (χ1) is 7.39. The Kier molecular flexibility index (Phi) is 2.77. The van der Waals surface area contributed by atoms with Crippen LogP contribution in [0.2, 0.25) is 0 Å². The van der Waals surface area contributed by atoms with Gasteiger partial charge in [0.05, 0.1) is 5.69 Å². The number of hydrogen-bond donors (Lipinski definition) is 1. The molecule has 0 radical (unpaired) electrons. The third-order valence-corrected chi connectivity index (χ3v) is 3.83. The summed E-state index contributed by atoms with van der Waals surface area (Å²) in [6.07, 6.45) is 1.20. The lowest BCUT2D eigenvalue weighted by Gasteiger charge is -2.36. The highest BCUT2D eigenvalue weighted by Gasteiger charge is 2.25. The van der Waals surface area contributed by atoms with Crippen molar-refractivity contribution in [2.75, 3.05) is 13.1 Å². The number of likely N-dealkylation sites (tertiary alicyclic amines) is 1. The van der Waals surface area contributed by atoms with Gasteiger partial charge < -0.3 is 0 Å². The summed E-state index contributed by atoms with van der Waals surface area (Å²) in [5, 5.41) is 8.91. The van der Waals surface area contributed by atoms with E-state index in [1.54, 1.807) is 17.8 Å². The van der Waals surface area contributed by atoms with Crippen molar-refractivity contribution in [2.45, 2.75) is 24.4 Å². The van der Waals surface area contributed by atoms with E-state index in [0.29, 0.717) is 0 Å². The van der Waals surface area contributed by atoms with Crippen molar-refractivity contribution in [3.05, 3.63) is 11.8 Å². The van der Waals surface area contributed by atoms with Gasteiger partial charge in [0.25, 0.3) is 10.0 Å². The highest BCUT2D eigenvalue weighted by molar-refractivity contribution is 7.89. The molecule has 7 heteroatoms. The zero-order valence-corrected chi connectivity index (χ0v) is 10.2. The summed E-state index contributed by atoms with van der Waals surface area (Å²) in [6.45, 7) is 4.15. The van der Waals surface area contributed by atoms with Crippen LogP contribution in [-0.2, 0) is 17.1 Å². The molecular formula is C9H16N4O2S. The van der Waals surface area contributed by atoms with Crippen LogP contribution in [-0.4, -0.2) is 36.2 Å². The molecule has 0 aliphatic carbocycles. The molecule has 1 aliphatic heterocycles. The van der Waals surface area contributed by atoms with E-state index < -0.39 is 10.0 Å². The average molecular weight is 244 g/mol. The van der Waals surface area contributed by atoms with Crippen LogP contribution >= 0.6 is 0 Å². The molecule has 1 atom stereocenters. The maximum absolute atomic E-state index is 11.2. The van der Waals surface area contributed by atoms with Gasteiger partial charge in [0, 0.05) is 32.2 Å². The van der Waals surface area contributed by atoms with Gasteiger partial charge in [0.1, 0.15) is 0 Å². The van der Waals surface area contributed by atoms with Gasteiger partial charge in [-0.2, -0.15) is 5.10 Å². The number of sulfonamides is 1. The Morgan fingerprint density at radius 1 is 1.50 bits per heavy atom. The van der Waals surface area contributed by atoms with Crippen LogP contribution < -0.4 is 5.14 Å². The first-order valence-electron chi connectivity index (χ1n) is 5.20. The quantitative estimate of drug-likeness (QED) is 0.800. The van der Waals surface area contributed by atoms with E-state index in [9.17, 15) is 8.42 Å². The highest BCUT2D eigenvalue weighted by Crippen LogP contribution is 2.25. The topological polar surface area (TPSA) is 81.2 Å².